The highest BCUT2D eigenvalue weighted by Crippen LogP contribution is 2.34. The first kappa shape index (κ1) is 15.9. The number of amides is 1. The molecule has 2 saturated heterocycles. The fourth-order valence-electron chi connectivity index (χ4n) is 3.75. The lowest BCUT2D eigenvalue weighted by molar-refractivity contribution is 0.0643. The summed E-state index contributed by atoms with van der Waals surface area (Å²) in [5, 5.41) is 1.96. The van der Waals surface area contributed by atoms with Crippen molar-refractivity contribution in [2.24, 2.45) is 5.41 Å². The number of hydrogen-bond donors (Lipinski definition) is 0. The van der Waals surface area contributed by atoms with Crippen LogP contribution >= 0.6 is 11.3 Å². The SMILES string of the molecule is O=C(c1cccs1)N1CCOC[C@]2(CCN(Cc3ccco3)C2)C1. The van der Waals surface area contributed by atoms with Crippen molar-refractivity contribution in [3.05, 3.63) is 46.5 Å². The molecule has 2 aromatic rings. The fourth-order valence-corrected chi connectivity index (χ4v) is 4.45. The summed E-state index contributed by atoms with van der Waals surface area (Å²) in [5.41, 5.74) is 0.0377. The lowest BCUT2D eigenvalue weighted by atomic mass is 9.87. The Hall–Kier alpha value is -1.63. The van der Waals surface area contributed by atoms with Crippen molar-refractivity contribution in [2.45, 2.75) is 13.0 Å². The molecule has 1 atom stereocenters. The van der Waals surface area contributed by atoms with Gasteiger partial charge in [-0.25, -0.2) is 0 Å². The molecule has 0 radical (unpaired) electrons. The van der Waals surface area contributed by atoms with E-state index in [4.69, 9.17) is 9.15 Å². The molecular formula is C18H22N2O3S. The minimum atomic E-state index is 0.0377. The maximum atomic E-state index is 12.7. The van der Waals surface area contributed by atoms with Crippen LogP contribution in [0, 0.1) is 5.41 Å². The first-order valence-corrected chi connectivity index (χ1v) is 9.27. The second kappa shape index (κ2) is 6.70. The van der Waals surface area contributed by atoms with Gasteiger partial charge in [-0.3, -0.25) is 9.69 Å². The summed E-state index contributed by atoms with van der Waals surface area (Å²) < 4.78 is 11.3. The molecule has 0 bridgehead atoms. The molecule has 5 nitrogen and oxygen atoms in total. The molecule has 2 fully saturated rings. The van der Waals surface area contributed by atoms with Crippen LogP contribution in [-0.4, -0.2) is 55.1 Å². The van der Waals surface area contributed by atoms with Crippen LogP contribution in [0.3, 0.4) is 0 Å². The molecule has 24 heavy (non-hydrogen) atoms. The van der Waals surface area contributed by atoms with E-state index in [9.17, 15) is 4.79 Å². The average Bonchev–Trinajstić information content (AvgIpc) is 3.30. The largest absolute Gasteiger partial charge is 0.468 e. The first-order valence-electron chi connectivity index (χ1n) is 8.39. The number of hydrogen-bond acceptors (Lipinski definition) is 5. The van der Waals surface area contributed by atoms with Gasteiger partial charge in [0, 0.05) is 25.0 Å². The molecule has 4 rings (SSSR count). The van der Waals surface area contributed by atoms with Gasteiger partial charge in [-0.05, 0) is 36.5 Å². The van der Waals surface area contributed by atoms with Gasteiger partial charge in [0.15, 0.2) is 0 Å². The van der Waals surface area contributed by atoms with E-state index in [1.54, 1.807) is 6.26 Å². The van der Waals surface area contributed by atoms with E-state index < -0.39 is 0 Å². The molecule has 2 aromatic heterocycles. The normalized spacial score (nSPS) is 25.2. The first-order chi connectivity index (χ1) is 11.7. The highest BCUT2D eigenvalue weighted by molar-refractivity contribution is 7.12. The van der Waals surface area contributed by atoms with Crippen molar-refractivity contribution in [1.29, 1.82) is 0 Å². The van der Waals surface area contributed by atoms with Crippen molar-refractivity contribution in [1.82, 2.24) is 9.80 Å². The Bertz CT molecular complexity index is 671. The molecule has 6 heteroatoms. The van der Waals surface area contributed by atoms with Crippen molar-refractivity contribution in [2.75, 3.05) is 39.4 Å². The minimum absolute atomic E-state index is 0.0377. The van der Waals surface area contributed by atoms with E-state index in [0.717, 1.165) is 49.8 Å². The third kappa shape index (κ3) is 3.27. The van der Waals surface area contributed by atoms with Gasteiger partial charge in [0.2, 0.25) is 0 Å². The predicted molar refractivity (Wildman–Crippen MR) is 92.1 cm³/mol. The highest BCUT2D eigenvalue weighted by Gasteiger charge is 2.42. The van der Waals surface area contributed by atoms with Gasteiger partial charge < -0.3 is 14.1 Å². The number of carbonyl (C=O) groups excluding carboxylic acids is 1. The number of likely N-dealkylation sites (tertiary alicyclic amines) is 1. The second-order valence-electron chi connectivity index (χ2n) is 6.80. The van der Waals surface area contributed by atoms with Crippen LogP contribution in [0.4, 0.5) is 0 Å². The smallest absolute Gasteiger partial charge is 0.264 e. The number of ether oxygens (including phenoxy) is 1. The van der Waals surface area contributed by atoms with Crippen LogP contribution in [-0.2, 0) is 11.3 Å². The third-order valence-corrected chi connectivity index (χ3v) is 5.79. The molecule has 4 heterocycles. The van der Waals surface area contributed by atoms with Crippen LogP contribution < -0.4 is 0 Å². The monoisotopic (exact) mass is 346 g/mol. The second-order valence-corrected chi connectivity index (χ2v) is 7.74. The van der Waals surface area contributed by atoms with Crippen LogP contribution in [0.1, 0.15) is 21.9 Å². The third-order valence-electron chi connectivity index (χ3n) is 4.94. The Kier molecular flexibility index (Phi) is 4.43. The standard InChI is InChI=1S/C18H22N2O3S/c21-17(16-4-2-10-24-16)20-7-9-22-14-18(13-20)5-6-19(12-18)11-15-3-1-8-23-15/h1-4,8,10H,5-7,9,11-14H2/t18-/m0/s1. The molecule has 1 spiro atoms. The van der Waals surface area contributed by atoms with Gasteiger partial charge in [-0.1, -0.05) is 6.07 Å². The molecule has 2 aliphatic heterocycles. The Morgan fingerprint density at radius 1 is 1.25 bits per heavy atom. The van der Waals surface area contributed by atoms with Gasteiger partial charge >= 0.3 is 0 Å². The van der Waals surface area contributed by atoms with Gasteiger partial charge in [-0.2, -0.15) is 0 Å². The Morgan fingerprint density at radius 3 is 3.00 bits per heavy atom. The summed E-state index contributed by atoms with van der Waals surface area (Å²) in [5.74, 6) is 1.13. The number of carbonyl (C=O) groups is 1. The van der Waals surface area contributed by atoms with E-state index >= 15 is 0 Å². The van der Waals surface area contributed by atoms with Crippen molar-refractivity contribution in [3.63, 3.8) is 0 Å². The molecule has 0 aliphatic carbocycles. The molecule has 128 valence electrons. The number of thiophene rings is 1. The Morgan fingerprint density at radius 2 is 2.21 bits per heavy atom. The van der Waals surface area contributed by atoms with Gasteiger partial charge in [0.1, 0.15) is 5.76 Å². The number of furan rings is 1. The predicted octanol–water partition coefficient (Wildman–Crippen LogP) is 2.71. The van der Waals surface area contributed by atoms with Gasteiger partial charge in [0.05, 0.1) is 30.9 Å². The van der Waals surface area contributed by atoms with Crippen LogP contribution in [0.25, 0.3) is 0 Å². The zero-order chi connectivity index (χ0) is 16.4. The summed E-state index contributed by atoms with van der Waals surface area (Å²) in [6.45, 7) is 5.60. The lowest BCUT2D eigenvalue weighted by Gasteiger charge is -2.31. The maximum Gasteiger partial charge on any atom is 0.264 e. The van der Waals surface area contributed by atoms with E-state index in [1.165, 1.54) is 11.3 Å². The zero-order valence-corrected chi connectivity index (χ0v) is 14.5. The molecular weight excluding hydrogens is 324 g/mol. The Labute approximate surface area is 145 Å². The summed E-state index contributed by atoms with van der Waals surface area (Å²) in [4.78, 5) is 17.9. The molecule has 0 aromatic carbocycles. The lowest BCUT2D eigenvalue weighted by Crippen LogP contribution is -2.43. The van der Waals surface area contributed by atoms with E-state index in [2.05, 4.69) is 4.90 Å². The summed E-state index contributed by atoms with van der Waals surface area (Å²) >= 11 is 1.51. The molecule has 1 amide bonds. The van der Waals surface area contributed by atoms with E-state index in [-0.39, 0.29) is 11.3 Å². The summed E-state index contributed by atoms with van der Waals surface area (Å²) in [6.07, 6.45) is 2.78. The van der Waals surface area contributed by atoms with E-state index in [0.29, 0.717) is 13.2 Å². The number of rotatable bonds is 3. The van der Waals surface area contributed by atoms with Crippen LogP contribution in [0.2, 0.25) is 0 Å². The van der Waals surface area contributed by atoms with Gasteiger partial charge in [0.25, 0.3) is 5.91 Å². The van der Waals surface area contributed by atoms with E-state index in [1.807, 2.05) is 34.5 Å². The average molecular weight is 346 g/mol. The zero-order valence-electron chi connectivity index (χ0n) is 13.6. The topological polar surface area (TPSA) is 45.9 Å². The fraction of sp³-hybridized carbons (Fsp3) is 0.500. The van der Waals surface area contributed by atoms with Crippen molar-refractivity contribution in [3.8, 4) is 0 Å². The maximum absolute atomic E-state index is 12.7. The highest BCUT2D eigenvalue weighted by atomic mass is 32.1. The van der Waals surface area contributed by atoms with Crippen LogP contribution in [0.15, 0.2) is 40.3 Å². The molecule has 0 unspecified atom stereocenters. The quantitative estimate of drug-likeness (QED) is 0.857. The van der Waals surface area contributed by atoms with Crippen LogP contribution in [0.5, 0.6) is 0 Å². The summed E-state index contributed by atoms with van der Waals surface area (Å²) in [7, 11) is 0. The minimum Gasteiger partial charge on any atom is -0.468 e. The molecule has 0 saturated carbocycles. The van der Waals surface area contributed by atoms with Crippen molar-refractivity contribution >= 4 is 17.2 Å². The summed E-state index contributed by atoms with van der Waals surface area (Å²) in [6, 6.07) is 7.78. The Balaban J connectivity index is 1.45. The van der Waals surface area contributed by atoms with Gasteiger partial charge in [-0.15, -0.1) is 11.3 Å². The molecule has 2 aliphatic rings. The number of nitrogens with zero attached hydrogens (tertiary/aromatic N) is 2. The molecule has 0 N–H and O–H groups in total. The van der Waals surface area contributed by atoms with Crippen molar-refractivity contribution < 1.29 is 13.9 Å².